The second-order valence-corrected chi connectivity index (χ2v) is 12.1. The van der Waals surface area contributed by atoms with Gasteiger partial charge >= 0.3 is 0 Å². The number of nitrogens with one attached hydrogen (secondary N) is 4. The zero-order valence-corrected chi connectivity index (χ0v) is 28.1. The van der Waals surface area contributed by atoms with Crippen LogP contribution in [0.5, 0.6) is 0 Å². The van der Waals surface area contributed by atoms with Gasteiger partial charge < -0.3 is 26.6 Å². The molecule has 52 heavy (non-hydrogen) atoms. The van der Waals surface area contributed by atoms with Crippen molar-refractivity contribution in [3.63, 3.8) is 0 Å². The van der Waals surface area contributed by atoms with Crippen LogP contribution in [-0.2, 0) is 17.9 Å². The van der Waals surface area contributed by atoms with Gasteiger partial charge in [-0.2, -0.15) is 10.5 Å². The predicted molar refractivity (Wildman–Crippen MR) is 205 cm³/mol. The van der Waals surface area contributed by atoms with Crippen LogP contribution in [0.3, 0.4) is 0 Å². The lowest BCUT2D eigenvalue weighted by atomic mass is 9.97. The van der Waals surface area contributed by atoms with Crippen molar-refractivity contribution < 1.29 is 9.59 Å². The number of rotatable bonds is 11. The minimum absolute atomic E-state index is 0.177. The molecule has 6 aromatic rings. The van der Waals surface area contributed by atoms with Gasteiger partial charge in [0.1, 0.15) is 0 Å². The Labute approximate surface area is 301 Å². The fourth-order valence-corrected chi connectivity index (χ4v) is 5.77. The summed E-state index contributed by atoms with van der Waals surface area (Å²) in [6, 6.07) is 45.8. The first-order valence-corrected chi connectivity index (χ1v) is 16.4. The van der Waals surface area contributed by atoms with Crippen molar-refractivity contribution in [2.24, 2.45) is 5.73 Å². The Morgan fingerprint density at radius 3 is 1.90 bits per heavy atom. The van der Waals surface area contributed by atoms with E-state index in [9.17, 15) is 20.1 Å². The number of amides is 2. The van der Waals surface area contributed by atoms with Crippen LogP contribution in [0.2, 0.25) is 0 Å². The third-order valence-electron chi connectivity index (χ3n) is 8.46. The van der Waals surface area contributed by atoms with Crippen molar-refractivity contribution in [2.75, 3.05) is 22.1 Å². The summed E-state index contributed by atoms with van der Waals surface area (Å²) in [6.45, 7) is 0.967. The molecule has 0 unspecified atom stereocenters. The Hall–Kier alpha value is -7.43. The molecule has 0 aliphatic rings. The molecular formula is C42H34N8O2. The smallest absolute Gasteiger partial charge is 0.255 e. The summed E-state index contributed by atoms with van der Waals surface area (Å²) in [4.78, 5) is 28.5. The molecule has 10 nitrogen and oxygen atoms in total. The van der Waals surface area contributed by atoms with E-state index >= 15 is 0 Å². The second kappa shape index (κ2) is 15.9. The average molecular weight is 683 g/mol. The topological polar surface area (TPSA) is 171 Å². The lowest BCUT2D eigenvalue weighted by molar-refractivity contribution is -0.115. The van der Waals surface area contributed by atoms with Crippen LogP contribution in [0, 0.1) is 28.1 Å². The van der Waals surface area contributed by atoms with Gasteiger partial charge in [-0.05, 0) is 100 Å². The molecule has 6 aromatic carbocycles. The highest BCUT2D eigenvalue weighted by atomic mass is 16.2. The summed E-state index contributed by atoms with van der Waals surface area (Å²) < 4.78 is 0. The van der Waals surface area contributed by atoms with Crippen LogP contribution < -0.4 is 26.6 Å². The van der Waals surface area contributed by atoms with Gasteiger partial charge in [0.25, 0.3) is 5.91 Å². The maximum absolute atomic E-state index is 13.6. The van der Waals surface area contributed by atoms with Gasteiger partial charge in [-0.1, -0.05) is 60.7 Å². The second-order valence-electron chi connectivity index (χ2n) is 12.1. The number of nitriles is 2. The lowest BCUT2D eigenvalue weighted by Crippen LogP contribution is -2.36. The molecule has 0 heterocycles. The van der Waals surface area contributed by atoms with Crippen LogP contribution in [0.1, 0.15) is 32.6 Å². The summed E-state index contributed by atoms with van der Waals surface area (Å²) in [5.74, 6) is -1.02. The third kappa shape index (κ3) is 8.58. The van der Waals surface area contributed by atoms with Crippen molar-refractivity contribution in [1.82, 2.24) is 5.32 Å². The highest BCUT2D eigenvalue weighted by molar-refractivity contribution is 6.07. The van der Waals surface area contributed by atoms with E-state index in [4.69, 9.17) is 11.1 Å². The largest absolute Gasteiger partial charge is 0.370 e. The Morgan fingerprint density at radius 2 is 1.31 bits per heavy atom. The van der Waals surface area contributed by atoms with E-state index < -0.39 is 0 Å². The van der Waals surface area contributed by atoms with E-state index in [1.807, 2.05) is 91.0 Å². The van der Waals surface area contributed by atoms with Crippen LogP contribution in [0.25, 0.3) is 21.9 Å². The number of nitrogens with two attached hydrogens (primary N) is 1. The Bertz CT molecular complexity index is 2280. The van der Waals surface area contributed by atoms with Crippen LogP contribution in [0.4, 0.5) is 17.1 Å². The SMILES string of the molecule is N#Cc1ccc(CN(Cc2ccc(C#N)cc2)c2ccc(NC(=O)c3ccc(NC(=O)CNC(=N)N)c(-c4ccc5ccccc5c4)c3)cc2)cc1. The zero-order chi connectivity index (χ0) is 36.5. The highest BCUT2D eigenvalue weighted by Crippen LogP contribution is 2.32. The number of benzene rings is 6. The number of carbonyl (C=O) groups is 2. The van der Waals surface area contributed by atoms with Gasteiger partial charge in [0.05, 0.1) is 29.8 Å². The van der Waals surface area contributed by atoms with Crippen LogP contribution in [0.15, 0.2) is 133 Å². The first-order chi connectivity index (χ1) is 25.3. The van der Waals surface area contributed by atoms with Crippen molar-refractivity contribution >= 4 is 45.6 Å². The molecule has 0 saturated carbocycles. The van der Waals surface area contributed by atoms with E-state index in [0.717, 1.165) is 33.2 Å². The molecule has 0 aliphatic heterocycles. The maximum Gasteiger partial charge on any atom is 0.255 e. The summed E-state index contributed by atoms with van der Waals surface area (Å²) in [7, 11) is 0. The quantitative estimate of drug-likeness (QED) is 0.0715. The Kier molecular flexibility index (Phi) is 10.5. The highest BCUT2D eigenvalue weighted by Gasteiger charge is 2.16. The first kappa shape index (κ1) is 34.4. The molecule has 6 N–H and O–H groups in total. The third-order valence-corrected chi connectivity index (χ3v) is 8.46. The maximum atomic E-state index is 13.6. The number of hydrogen-bond acceptors (Lipinski definition) is 6. The molecule has 10 heteroatoms. The van der Waals surface area contributed by atoms with Crippen molar-refractivity contribution in [3.8, 4) is 23.3 Å². The van der Waals surface area contributed by atoms with Crippen LogP contribution >= 0.6 is 0 Å². The summed E-state index contributed by atoms with van der Waals surface area (Å²) in [5, 5.41) is 36.3. The number of guanidine groups is 1. The van der Waals surface area contributed by atoms with Crippen LogP contribution in [-0.4, -0.2) is 24.3 Å². The molecule has 254 valence electrons. The van der Waals surface area contributed by atoms with Crippen molar-refractivity contribution in [2.45, 2.75) is 13.1 Å². The molecule has 0 aromatic heterocycles. The lowest BCUT2D eigenvalue weighted by Gasteiger charge is -2.26. The monoisotopic (exact) mass is 682 g/mol. The van der Waals surface area contributed by atoms with Gasteiger partial charge in [-0.25, -0.2) is 0 Å². The number of anilines is 3. The molecular weight excluding hydrogens is 649 g/mol. The van der Waals surface area contributed by atoms with E-state index in [1.165, 1.54) is 0 Å². The summed E-state index contributed by atoms with van der Waals surface area (Å²) in [6.07, 6.45) is 0. The van der Waals surface area contributed by atoms with Gasteiger partial charge in [-0.15, -0.1) is 0 Å². The van der Waals surface area contributed by atoms with E-state index in [0.29, 0.717) is 46.7 Å². The van der Waals surface area contributed by atoms with E-state index in [-0.39, 0.29) is 24.3 Å². The zero-order valence-electron chi connectivity index (χ0n) is 28.1. The predicted octanol–water partition coefficient (Wildman–Crippen LogP) is 7.13. The fourth-order valence-electron chi connectivity index (χ4n) is 5.77. The molecule has 0 saturated heterocycles. The van der Waals surface area contributed by atoms with Gasteiger partial charge in [0.15, 0.2) is 5.96 Å². The Balaban J connectivity index is 1.24. The normalized spacial score (nSPS) is 10.4. The summed E-state index contributed by atoms with van der Waals surface area (Å²) in [5.41, 5.74) is 12.5. The van der Waals surface area contributed by atoms with Crippen molar-refractivity contribution in [3.05, 3.63) is 161 Å². The average Bonchev–Trinajstić information content (AvgIpc) is 3.17. The Morgan fingerprint density at radius 1 is 0.692 bits per heavy atom. The molecule has 6 rings (SSSR count). The minimum Gasteiger partial charge on any atom is -0.370 e. The van der Waals surface area contributed by atoms with E-state index in [2.05, 4.69) is 33.0 Å². The van der Waals surface area contributed by atoms with E-state index in [1.54, 1.807) is 42.5 Å². The molecule has 2 amide bonds. The molecule has 0 bridgehead atoms. The molecule has 0 fully saturated rings. The number of hydrogen-bond donors (Lipinski definition) is 5. The number of nitrogens with zero attached hydrogens (tertiary/aromatic N) is 3. The molecule has 0 spiro atoms. The van der Waals surface area contributed by atoms with Gasteiger partial charge in [0, 0.05) is 41.3 Å². The molecule has 0 aliphatic carbocycles. The minimum atomic E-state index is -0.387. The number of carbonyl (C=O) groups excluding carboxylic acids is 2. The molecule has 0 radical (unpaired) electrons. The standard InChI is InChI=1S/C42H34N8O2/c43-23-28-5-9-30(10-6-28)26-50(27-31-11-7-29(24-44)8-12-31)37-18-16-36(17-19-37)48-41(52)35-15-20-39(49-40(51)25-47-42(45)46)38(22-35)34-14-13-32-3-1-2-4-33(32)21-34/h1-22H,25-27H2,(H,48,52)(H,49,51)(H4,45,46,47). The fraction of sp³-hybridized carbons (Fsp3) is 0.0714. The molecule has 0 atom stereocenters. The number of fused-ring (bicyclic) bond motifs is 1. The van der Waals surface area contributed by atoms with Gasteiger partial charge in [0.2, 0.25) is 5.91 Å². The first-order valence-electron chi connectivity index (χ1n) is 16.4. The van der Waals surface area contributed by atoms with Gasteiger partial charge in [-0.3, -0.25) is 15.0 Å². The van der Waals surface area contributed by atoms with Crippen molar-refractivity contribution in [1.29, 1.82) is 15.9 Å². The summed E-state index contributed by atoms with van der Waals surface area (Å²) >= 11 is 0.